The minimum Gasteiger partial charge on any atom is -0.386 e. The Balaban J connectivity index is 1.82. The summed E-state index contributed by atoms with van der Waals surface area (Å²) < 4.78 is 16.1. The summed E-state index contributed by atoms with van der Waals surface area (Å²) in [4.78, 5) is 19.9. The highest BCUT2D eigenvalue weighted by Crippen LogP contribution is 2.64. The average Bonchev–Trinajstić information content (AvgIpc) is 3.33. The summed E-state index contributed by atoms with van der Waals surface area (Å²) in [6.45, 7) is 4.96. The molecule has 5 nitrogen and oxygen atoms in total. The molecule has 1 aliphatic carbocycles. The number of aliphatic hydroxyl groups is 2. The summed E-state index contributed by atoms with van der Waals surface area (Å²) in [6.07, 6.45) is 1.86. The first kappa shape index (κ1) is 24.2. The van der Waals surface area contributed by atoms with Crippen molar-refractivity contribution in [1.29, 1.82) is 0 Å². The summed E-state index contributed by atoms with van der Waals surface area (Å²) in [5.41, 5.74) is -2.75. The zero-order valence-corrected chi connectivity index (χ0v) is 21.0. The number of amides is 1. The third-order valence-electron chi connectivity index (χ3n) is 7.31. The van der Waals surface area contributed by atoms with E-state index in [2.05, 4.69) is 4.98 Å². The fraction of sp³-hybridized carbons (Fsp3) is 0.333. The quantitative estimate of drug-likeness (QED) is 0.476. The second kappa shape index (κ2) is 8.00. The van der Waals surface area contributed by atoms with Crippen molar-refractivity contribution in [3.05, 3.63) is 98.5 Å². The highest BCUT2D eigenvalue weighted by molar-refractivity contribution is 6.30. The number of carbonyl (C=O) groups is 1. The van der Waals surface area contributed by atoms with Crippen LogP contribution in [0.4, 0.5) is 4.39 Å². The number of pyridine rings is 1. The number of hydrogen-bond acceptors (Lipinski definition) is 4. The fourth-order valence-corrected chi connectivity index (χ4v) is 5.62. The SMILES string of the molecule is CC1CC1(O)[C@@]1(c2ccc(Cl)cc2)c2c(F)cc(C(C)(C)O)cc2C(=O)N1Cc1ccc(Cl)cn1. The predicted octanol–water partition coefficient (Wildman–Crippen LogP) is 5.43. The molecule has 0 spiro atoms. The summed E-state index contributed by atoms with van der Waals surface area (Å²) >= 11 is 12.2. The maximum atomic E-state index is 16.1. The van der Waals surface area contributed by atoms with Crippen LogP contribution in [0.1, 0.15) is 59.9 Å². The van der Waals surface area contributed by atoms with Crippen LogP contribution >= 0.6 is 23.2 Å². The molecule has 8 heteroatoms. The summed E-state index contributed by atoms with van der Waals surface area (Å²) in [5.74, 6) is -1.32. The van der Waals surface area contributed by atoms with Gasteiger partial charge in [-0.2, -0.15) is 0 Å². The van der Waals surface area contributed by atoms with Gasteiger partial charge < -0.3 is 15.1 Å². The van der Waals surface area contributed by atoms with E-state index in [1.54, 1.807) is 36.4 Å². The van der Waals surface area contributed by atoms with Gasteiger partial charge in [0, 0.05) is 22.3 Å². The Labute approximate surface area is 213 Å². The molecule has 2 N–H and O–H groups in total. The lowest BCUT2D eigenvalue weighted by Crippen LogP contribution is -2.55. The van der Waals surface area contributed by atoms with Crippen molar-refractivity contribution in [1.82, 2.24) is 9.88 Å². The van der Waals surface area contributed by atoms with E-state index >= 15 is 4.39 Å². The second-order valence-corrected chi connectivity index (χ2v) is 10.9. The van der Waals surface area contributed by atoms with Gasteiger partial charge in [0.25, 0.3) is 5.91 Å². The maximum absolute atomic E-state index is 16.1. The van der Waals surface area contributed by atoms with E-state index in [0.717, 1.165) is 0 Å². The van der Waals surface area contributed by atoms with Gasteiger partial charge in [-0.05, 0) is 73.7 Å². The van der Waals surface area contributed by atoms with Crippen LogP contribution in [0, 0.1) is 11.7 Å². The molecule has 0 radical (unpaired) electrons. The minimum absolute atomic E-state index is 0.0135. The van der Waals surface area contributed by atoms with Crippen molar-refractivity contribution >= 4 is 29.1 Å². The molecule has 1 aliphatic heterocycles. The Hall–Kier alpha value is -2.51. The molecule has 0 saturated heterocycles. The molecular formula is C27H25Cl2FN2O3. The third kappa shape index (κ3) is 3.58. The Morgan fingerprint density at radius 2 is 1.77 bits per heavy atom. The van der Waals surface area contributed by atoms with Crippen LogP contribution in [0.3, 0.4) is 0 Å². The standard InChI is InChI=1S/C27H25Cl2FN2O3/c1-15-12-26(15,35)27(16-4-6-18(28)7-5-16)23-21(10-17(11-22(23)30)25(2,3)34)24(33)32(27)14-20-9-8-19(29)13-31-20/h4-11,13,15,34-35H,12,14H2,1-3H3/t15?,26?,27-/m1/s1. The summed E-state index contributed by atoms with van der Waals surface area (Å²) in [5, 5.41) is 23.5. The van der Waals surface area contributed by atoms with Gasteiger partial charge in [-0.3, -0.25) is 9.78 Å². The van der Waals surface area contributed by atoms with Gasteiger partial charge in [-0.1, -0.05) is 42.3 Å². The largest absolute Gasteiger partial charge is 0.386 e. The molecular weight excluding hydrogens is 490 g/mol. The highest BCUT2D eigenvalue weighted by Gasteiger charge is 2.72. The number of fused-ring (bicyclic) bond motifs is 1. The van der Waals surface area contributed by atoms with Crippen LogP contribution in [0.5, 0.6) is 0 Å². The maximum Gasteiger partial charge on any atom is 0.255 e. The molecule has 1 aromatic heterocycles. The first-order valence-electron chi connectivity index (χ1n) is 11.4. The lowest BCUT2D eigenvalue weighted by molar-refractivity contribution is -0.0245. The van der Waals surface area contributed by atoms with Crippen LogP contribution in [-0.2, 0) is 17.7 Å². The summed E-state index contributed by atoms with van der Waals surface area (Å²) in [7, 11) is 0. The van der Waals surface area contributed by atoms with Crippen LogP contribution < -0.4 is 0 Å². The molecule has 2 aromatic carbocycles. The van der Waals surface area contributed by atoms with Crippen molar-refractivity contribution in [3.8, 4) is 0 Å². The number of hydrogen-bond donors (Lipinski definition) is 2. The molecule has 1 fully saturated rings. The average molecular weight is 515 g/mol. The number of carbonyl (C=O) groups excluding carboxylic acids is 1. The summed E-state index contributed by atoms with van der Waals surface area (Å²) in [6, 6.07) is 12.9. The van der Waals surface area contributed by atoms with Gasteiger partial charge in [-0.25, -0.2) is 4.39 Å². The van der Waals surface area contributed by atoms with Crippen LogP contribution in [0.2, 0.25) is 10.0 Å². The van der Waals surface area contributed by atoms with Crippen LogP contribution in [0.15, 0.2) is 54.7 Å². The van der Waals surface area contributed by atoms with Gasteiger partial charge in [0.15, 0.2) is 0 Å². The highest BCUT2D eigenvalue weighted by atomic mass is 35.5. The molecule has 3 aromatic rings. The van der Waals surface area contributed by atoms with E-state index in [0.29, 0.717) is 27.7 Å². The number of halogens is 3. The zero-order valence-electron chi connectivity index (χ0n) is 19.5. The third-order valence-corrected chi connectivity index (χ3v) is 7.78. The minimum atomic E-state index is -1.52. The van der Waals surface area contributed by atoms with Gasteiger partial charge >= 0.3 is 0 Å². The molecule has 2 aliphatic rings. The van der Waals surface area contributed by atoms with Gasteiger partial charge in [0.05, 0.1) is 28.5 Å². The predicted molar refractivity (Wildman–Crippen MR) is 132 cm³/mol. The van der Waals surface area contributed by atoms with E-state index in [1.807, 2.05) is 6.92 Å². The van der Waals surface area contributed by atoms with E-state index < -0.39 is 28.5 Å². The number of benzene rings is 2. The first-order chi connectivity index (χ1) is 16.4. The molecule has 182 valence electrons. The molecule has 35 heavy (non-hydrogen) atoms. The number of aromatic nitrogens is 1. The fourth-order valence-electron chi connectivity index (χ4n) is 5.38. The molecule has 0 bridgehead atoms. The molecule has 2 unspecified atom stereocenters. The Morgan fingerprint density at radius 1 is 1.14 bits per heavy atom. The van der Waals surface area contributed by atoms with Crippen molar-refractivity contribution in [2.24, 2.45) is 5.92 Å². The lowest BCUT2D eigenvalue weighted by atomic mass is 9.74. The van der Waals surface area contributed by atoms with Crippen LogP contribution in [-0.4, -0.2) is 31.6 Å². The van der Waals surface area contributed by atoms with E-state index in [1.165, 1.54) is 37.1 Å². The second-order valence-electron chi connectivity index (χ2n) is 10.0. The molecule has 1 amide bonds. The molecule has 3 atom stereocenters. The molecule has 2 heterocycles. The van der Waals surface area contributed by atoms with Crippen molar-refractivity contribution in [2.75, 3.05) is 0 Å². The first-order valence-corrected chi connectivity index (χ1v) is 12.1. The Morgan fingerprint density at radius 3 is 2.31 bits per heavy atom. The number of rotatable bonds is 5. The van der Waals surface area contributed by atoms with Crippen LogP contribution in [0.25, 0.3) is 0 Å². The smallest absolute Gasteiger partial charge is 0.255 e. The number of nitrogens with zero attached hydrogens (tertiary/aromatic N) is 2. The normalized spacial score (nSPS) is 25.7. The van der Waals surface area contributed by atoms with E-state index in [-0.39, 0.29) is 29.2 Å². The Kier molecular flexibility index (Phi) is 5.53. The van der Waals surface area contributed by atoms with Gasteiger partial charge in [0.1, 0.15) is 11.4 Å². The van der Waals surface area contributed by atoms with Crippen molar-refractivity contribution in [2.45, 2.75) is 50.5 Å². The van der Waals surface area contributed by atoms with Gasteiger partial charge in [0.2, 0.25) is 0 Å². The van der Waals surface area contributed by atoms with Crippen molar-refractivity contribution < 1.29 is 19.4 Å². The molecule has 1 saturated carbocycles. The van der Waals surface area contributed by atoms with E-state index in [4.69, 9.17) is 23.2 Å². The van der Waals surface area contributed by atoms with E-state index in [9.17, 15) is 15.0 Å². The monoisotopic (exact) mass is 514 g/mol. The van der Waals surface area contributed by atoms with Crippen molar-refractivity contribution in [3.63, 3.8) is 0 Å². The Bertz CT molecular complexity index is 1320. The van der Waals surface area contributed by atoms with Gasteiger partial charge in [-0.15, -0.1) is 0 Å². The lowest BCUT2D eigenvalue weighted by Gasteiger charge is -2.44. The zero-order chi connectivity index (χ0) is 25.3. The molecule has 5 rings (SSSR count). The topological polar surface area (TPSA) is 73.7 Å².